The molecule has 0 aromatic carbocycles. The molecule has 1 aromatic heterocycles. The van der Waals surface area contributed by atoms with Crippen LogP contribution in [0.3, 0.4) is 0 Å². The van der Waals surface area contributed by atoms with Crippen LogP contribution in [0.25, 0.3) is 0 Å². The zero-order valence-electron chi connectivity index (χ0n) is 10.2. The molecule has 1 aromatic rings. The molecule has 1 saturated heterocycles. The number of piperidine rings is 1. The van der Waals surface area contributed by atoms with Gasteiger partial charge in [0.15, 0.2) is 5.43 Å². The lowest BCUT2D eigenvalue weighted by Gasteiger charge is -2.26. The van der Waals surface area contributed by atoms with Crippen LogP contribution in [0.5, 0.6) is 0 Å². The number of hydrogen-bond acceptors (Lipinski definition) is 3. The Morgan fingerprint density at radius 3 is 2.88 bits per heavy atom. The molecule has 0 radical (unpaired) electrons. The molecule has 2 heterocycles. The third kappa shape index (κ3) is 3.98. The van der Waals surface area contributed by atoms with Crippen molar-refractivity contribution in [2.24, 2.45) is 0 Å². The molecular formula is C13H21N3O. The second kappa shape index (κ2) is 6.57. The molecule has 1 aliphatic heterocycles. The van der Waals surface area contributed by atoms with E-state index in [4.69, 9.17) is 0 Å². The molecule has 0 unspecified atom stereocenters. The molecule has 2 rings (SSSR count). The van der Waals surface area contributed by atoms with Crippen LogP contribution in [-0.2, 0) is 6.54 Å². The molecule has 0 saturated carbocycles. The predicted octanol–water partition coefficient (Wildman–Crippen LogP) is 0.950. The number of aromatic nitrogens is 1. The Morgan fingerprint density at radius 2 is 2.12 bits per heavy atom. The van der Waals surface area contributed by atoms with Gasteiger partial charge in [-0.2, -0.15) is 0 Å². The molecule has 0 bridgehead atoms. The first kappa shape index (κ1) is 12.3. The van der Waals surface area contributed by atoms with Gasteiger partial charge in [-0.1, -0.05) is 6.42 Å². The molecule has 0 aliphatic carbocycles. The van der Waals surface area contributed by atoms with Gasteiger partial charge in [-0.05, 0) is 25.9 Å². The van der Waals surface area contributed by atoms with Crippen molar-refractivity contribution in [3.8, 4) is 0 Å². The van der Waals surface area contributed by atoms with Crippen LogP contribution < -0.4 is 10.7 Å². The van der Waals surface area contributed by atoms with Crippen LogP contribution >= 0.6 is 0 Å². The molecular weight excluding hydrogens is 214 g/mol. The van der Waals surface area contributed by atoms with Crippen molar-refractivity contribution in [1.29, 1.82) is 0 Å². The molecule has 17 heavy (non-hydrogen) atoms. The normalized spacial score (nSPS) is 17.2. The lowest BCUT2D eigenvalue weighted by Crippen LogP contribution is -2.36. The number of nitrogens with zero attached hydrogens (tertiary/aromatic N) is 1. The van der Waals surface area contributed by atoms with Gasteiger partial charge in [-0.25, -0.2) is 0 Å². The Bertz CT molecular complexity index is 382. The third-order valence-electron chi connectivity index (χ3n) is 3.27. The minimum absolute atomic E-state index is 0.106. The van der Waals surface area contributed by atoms with Gasteiger partial charge in [0.25, 0.3) is 0 Å². The van der Waals surface area contributed by atoms with Gasteiger partial charge in [0, 0.05) is 43.7 Å². The van der Waals surface area contributed by atoms with E-state index in [0.717, 1.165) is 18.7 Å². The van der Waals surface area contributed by atoms with Crippen LogP contribution in [0.1, 0.15) is 24.8 Å². The van der Waals surface area contributed by atoms with Crippen molar-refractivity contribution in [2.75, 3.05) is 26.2 Å². The Balaban J connectivity index is 1.66. The average Bonchev–Trinajstić information content (AvgIpc) is 2.38. The van der Waals surface area contributed by atoms with Gasteiger partial charge in [0.2, 0.25) is 0 Å². The Morgan fingerprint density at radius 1 is 1.29 bits per heavy atom. The van der Waals surface area contributed by atoms with Gasteiger partial charge < -0.3 is 15.2 Å². The maximum Gasteiger partial charge on any atom is 0.186 e. The highest BCUT2D eigenvalue weighted by Gasteiger charge is 2.08. The van der Waals surface area contributed by atoms with E-state index in [1.165, 1.54) is 32.4 Å². The summed E-state index contributed by atoms with van der Waals surface area (Å²) in [5, 5.41) is 3.33. The SMILES string of the molecule is O=c1cc[nH]cc1CNCCN1CCCCC1. The number of pyridine rings is 1. The van der Waals surface area contributed by atoms with Crippen LogP contribution in [0.15, 0.2) is 23.3 Å². The number of H-pyrrole nitrogens is 1. The molecule has 4 nitrogen and oxygen atoms in total. The summed E-state index contributed by atoms with van der Waals surface area (Å²) in [6.07, 6.45) is 7.48. The number of aromatic amines is 1. The van der Waals surface area contributed by atoms with Crippen LogP contribution in [0.4, 0.5) is 0 Å². The summed E-state index contributed by atoms with van der Waals surface area (Å²) in [4.78, 5) is 16.9. The molecule has 4 heteroatoms. The second-order valence-corrected chi connectivity index (χ2v) is 4.61. The molecule has 1 fully saturated rings. The minimum atomic E-state index is 0.106. The van der Waals surface area contributed by atoms with Gasteiger partial charge in [0.1, 0.15) is 0 Å². The van der Waals surface area contributed by atoms with Crippen molar-refractivity contribution in [1.82, 2.24) is 15.2 Å². The van der Waals surface area contributed by atoms with E-state index >= 15 is 0 Å². The fraction of sp³-hybridized carbons (Fsp3) is 0.615. The van der Waals surface area contributed by atoms with Gasteiger partial charge >= 0.3 is 0 Å². The quantitative estimate of drug-likeness (QED) is 0.747. The minimum Gasteiger partial charge on any atom is -0.367 e. The smallest absolute Gasteiger partial charge is 0.186 e. The van der Waals surface area contributed by atoms with Crippen LogP contribution in [0, 0.1) is 0 Å². The summed E-state index contributed by atoms with van der Waals surface area (Å²) in [5.74, 6) is 0. The number of nitrogens with one attached hydrogen (secondary N) is 2. The average molecular weight is 235 g/mol. The second-order valence-electron chi connectivity index (χ2n) is 4.61. The predicted molar refractivity (Wildman–Crippen MR) is 69.1 cm³/mol. The first-order valence-corrected chi connectivity index (χ1v) is 6.45. The third-order valence-corrected chi connectivity index (χ3v) is 3.27. The van der Waals surface area contributed by atoms with E-state index in [1.54, 1.807) is 18.5 Å². The van der Waals surface area contributed by atoms with Crippen molar-refractivity contribution < 1.29 is 0 Å². The number of hydrogen-bond donors (Lipinski definition) is 2. The monoisotopic (exact) mass is 235 g/mol. The highest BCUT2D eigenvalue weighted by atomic mass is 16.1. The first-order valence-electron chi connectivity index (χ1n) is 6.45. The first-order chi connectivity index (χ1) is 8.36. The van der Waals surface area contributed by atoms with E-state index < -0.39 is 0 Å². The molecule has 0 amide bonds. The Kier molecular flexibility index (Phi) is 4.76. The number of rotatable bonds is 5. The van der Waals surface area contributed by atoms with Crippen LogP contribution in [0.2, 0.25) is 0 Å². The largest absolute Gasteiger partial charge is 0.367 e. The van der Waals surface area contributed by atoms with Crippen molar-refractivity contribution >= 4 is 0 Å². The Hall–Kier alpha value is -1.13. The molecule has 2 N–H and O–H groups in total. The van der Waals surface area contributed by atoms with E-state index in [0.29, 0.717) is 6.54 Å². The summed E-state index contributed by atoms with van der Waals surface area (Å²) in [6.45, 7) is 5.16. The van der Waals surface area contributed by atoms with Gasteiger partial charge in [0.05, 0.1) is 0 Å². The van der Waals surface area contributed by atoms with Crippen molar-refractivity contribution in [2.45, 2.75) is 25.8 Å². The fourth-order valence-electron chi connectivity index (χ4n) is 2.23. The summed E-state index contributed by atoms with van der Waals surface area (Å²) < 4.78 is 0. The lowest BCUT2D eigenvalue weighted by molar-refractivity contribution is 0.229. The maximum atomic E-state index is 11.4. The van der Waals surface area contributed by atoms with E-state index in [1.807, 2.05) is 0 Å². The fourth-order valence-corrected chi connectivity index (χ4v) is 2.23. The van der Waals surface area contributed by atoms with E-state index in [-0.39, 0.29) is 5.43 Å². The molecule has 94 valence electrons. The highest BCUT2D eigenvalue weighted by Crippen LogP contribution is 2.07. The maximum absolute atomic E-state index is 11.4. The topological polar surface area (TPSA) is 48.1 Å². The van der Waals surface area contributed by atoms with Crippen molar-refractivity contribution in [3.63, 3.8) is 0 Å². The van der Waals surface area contributed by atoms with Crippen molar-refractivity contribution in [3.05, 3.63) is 34.2 Å². The van der Waals surface area contributed by atoms with Gasteiger partial charge in [-0.3, -0.25) is 4.79 Å². The standard InChI is InChI=1S/C13H21N3O/c17-13-4-5-14-10-12(13)11-15-6-9-16-7-2-1-3-8-16/h4-5,10,15H,1-3,6-9,11H2,(H,14,17). The van der Waals surface area contributed by atoms with E-state index in [9.17, 15) is 4.79 Å². The molecule has 0 spiro atoms. The van der Waals surface area contributed by atoms with Gasteiger partial charge in [-0.15, -0.1) is 0 Å². The molecule has 0 atom stereocenters. The number of likely N-dealkylation sites (tertiary alicyclic amines) is 1. The van der Waals surface area contributed by atoms with Crippen LogP contribution in [-0.4, -0.2) is 36.1 Å². The zero-order valence-corrected chi connectivity index (χ0v) is 10.2. The lowest BCUT2D eigenvalue weighted by atomic mass is 10.1. The Labute approximate surface area is 102 Å². The summed E-state index contributed by atoms with van der Waals surface area (Å²) in [6, 6.07) is 1.57. The summed E-state index contributed by atoms with van der Waals surface area (Å²) in [5.41, 5.74) is 0.917. The zero-order chi connectivity index (χ0) is 11.9. The summed E-state index contributed by atoms with van der Waals surface area (Å²) >= 11 is 0. The highest BCUT2D eigenvalue weighted by molar-refractivity contribution is 5.08. The summed E-state index contributed by atoms with van der Waals surface area (Å²) in [7, 11) is 0. The van der Waals surface area contributed by atoms with E-state index in [2.05, 4.69) is 15.2 Å². The molecule has 1 aliphatic rings.